The molecule has 3 saturated heterocycles. The lowest BCUT2D eigenvalue weighted by Crippen LogP contribution is -2.63. The van der Waals surface area contributed by atoms with Crippen molar-refractivity contribution in [2.45, 2.75) is 87.5 Å². The first kappa shape index (κ1) is 58.1. The third-order valence-electron chi connectivity index (χ3n) is 15.3. The van der Waals surface area contributed by atoms with E-state index in [0.29, 0.717) is 61.6 Å². The average Bonchev–Trinajstić information content (AvgIpc) is 4.30. The lowest BCUT2D eigenvalue weighted by atomic mass is 9.99. The third kappa shape index (κ3) is 15.4. The second-order valence-electron chi connectivity index (χ2n) is 21.1. The molecule has 3 fully saturated rings. The van der Waals surface area contributed by atoms with Crippen molar-refractivity contribution >= 4 is 52.4 Å². The van der Waals surface area contributed by atoms with Crippen LogP contribution in [0.2, 0.25) is 0 Å². The maximum absolute atomic E-state index is 15.7. The molecule has 6 aromatic rings. The maximum Gasteiger partial charge on any atom is 0.407 e. The molecule has 0 aliphatic carbocycles. The summed E-state index contributed by atoms with van der Waals surface area (Å²) in [6.07, 6.45) is 0.181. The van der Waals surface area contributed by atoms with Gasteiger partial charge >= 0.3 is 6.09 Å². The molecular weight excluding hydrogens is 1040 g/mol. The van der Waals surface area contributed by atoms with Crippen LogP contribution in [0.1, 0.15) is 40.7 Å². The Morgan fingerprint density at radius 3 is 1.94 bits per heavy atom. The monoisotopic (exact) mass is 1120 g/mol. The summed E-state index contributed by atoms with van der Waals surface area (Å²) in [4.78, 5) is 113. The molecule has 0 spiro atoms. The minimum absolute atomic E-state index is 0.00895. The van der Waals surface area contributed by atoms with E-state index in [4.69, 9.17) is 15.2 Å². The molecule has 9 rings (SSSR count). The number of nitrogens with one attached hydrogen (secondary N) is 7. The third-order valence-corrected chi connectivity index (χ3v) is 15.3. The standard InChI is InChI=1S/C62H73N11O9/c1-71-55(34-42-15-7-3-8-16-42)61(79)73-38-47(82-62(80)65-28-27-63)36-54(73)59(77)67-50(26-23-41-13-5-2-6-14-41)56(74)68-51(35-45-37-66-49-20-12-11-19-48(45)49)57(75)70-53(39-72-31-29-64-30-32-72)58(76)69-52(60(71)78)33-43-21-24-46(25-22-43)81-40-44-17-9-4-10-18-44/h2-22,24-25,37,47,50-55,64,66H,23,26-36,38-40,63H2,1H3,(H,65,80)(H,67,77)(H,68,74)(H,69,76)(H,70,75)/t47-,50+,51-,52+,53+,54+,55+/m1/s1. The molecule has 4 heterocycles. The first-order chi connectivity index (χ1) is 39.9. The molecule has 20 heteroatoms. The number of carbonyl (C=O) groups is 7. The Bertz CT molecular complexity index is 3120. The minimum atomic E-state index is -1.31. The highest BCUT2D eigenvalue weighted by Crippen LogP contribution is 2.27. The predicted octanol–water partition coefficient (Wildman–Crippen LogP) is 2.75. The van der Waals surface area contributed by atoms with E-state index < -0.39 is 83.9 Å². The van der Waals surface area contributed by atoms with Gasteiger partial charge in [0.15, 0.2) is 0 Å². The van der Waals surface area contributed by atoms with Gasteiger partial charge in [0.2, 0.25) is 35.4 Å². The van der Waals surface area contributed by atoms with E-state index >= 15 is 28.8 Å². The van der Waals surface area contributed by atoms with Gasteiger partial charge in [-0.3, -0.25) is 33.7 Å². The molecule has 7 atom stereocenters. The maximum atomic E-state index is 15.7. The van der Waals surface area contributed by atoms with Crippen LogP contribution in [-0.2, 0) is 65.8 Å². The number of ether oxygens (including phenoxy) is 2. The second kappa shape index (κ2) is 28.2. The van der Waals surface area contributed by atoms with Gasteiger partial charge in [0, 0.05) is 95.6 Å². The number of H-pyrrole nitrogens is 1. The summed E-state index contributed by atoms with van der Waals surface area (Å²) in [6.45, 7) is 2.80. The first-order valence-corrected chi connectivity index (χ1v) is 28.1. The molecule has 20 nitrogen and oxygen atoms in total. The van der Waals surface area contributed by atoms with Gasteiger partial charge in [0.25, 0.3) is 0 Å². The second-order valence-corrected chi connectivity index (χ2v) is 21.1. The van der Waals surface area contributed by atoms with Crippen LogP contribution < -0.4 is 42.4 Å². The zero-order valence-electron chi connectivity index (χ0n) is 46.1. The molecule has 3 aliphatic rings. The van der Waals surface area contributed by atoms with Gasteiger partial charge in [-0.1, -0.05) is 121 Å². The van der Waals surface area contributed by atoms with Crippen molar-refractivity contribution in [1.82, 2.24) is 51.6 Å². The van der Waals surface area contributed by atoms with Gasteiger partial charge in [0.1, 0.15) is 54.7 Å². The van der Waals surface area contributed by atoms with Crippen molar-refractivity contribution in [3.05, 3.63) is 174 Å². The molecule has 0 radical (unpaired) electrons. The number of hydrogen-bond acceptors (Lipinski definition) is 12. The lowest BCUT2D eigenvalue weighted by molar-refractivity contribution is -0.149. The summed E-state index contributed by atoms with van der Waals surface area (Å²) in [7, 11) is 1.49. The quantitative estimate of drug-likeness (QED) is 0.0656. The molecule has 5 aromatic carbocycles. The van der Waals surface area contributed by atoms with E-state index in [9.17, 15) is 4.79 Å². The number of nitrogens with zero attached hydrogens (tertiary/aromatic N) is 3. The zero-order valence-corrected chi connectivity index (χ0v) is 46.1. The van der Waals surface area contributed by atoms with Gasteiger partial charge in [0.05, 0.1) is 6.54 Å². The van der Waals surface area contributed by atoms with Crippen molar-refractivity contribution < 1.29 is 43.0 Å². The van der Waals surface area contributed by atoms with Crippen LogP contribution in [0, 0.1) is 0 Å². The van der Waals surface area contributed by atoms with Crippen molar-refractivity contribution in [3.63, 3.8) is 0 Å². The van der Waals surface area contributed by atoms with Gasteiger partial charge in [-0.15, -0.1) is 0 Å². The van der Waals surface area contributed by atoms with E-state index in [0.717, 1.165) is 22.0 Å². The number of hydrogen-bond donors (Lipinski definition) is 8. The number of para-hydroxylation sites is 1. The number of alkyl carbamates (subject to hydrolysis) is 1. The van der Waals surface area contributed by atoms with E-state index in [2.05, 4.69) is 36.9 Å². The Kier molecular flexibility index (Phi) is 20.0. The van der Waals surface area contributed by atoms with Crippen LogP contribution in [0.15, 0.2) is 146 Å². The largest absolute Gasteiger partial charge is 0.489 e. The van der Waals surface area contributed by atoms with Gasteiger partial charge in [-0.05, 0) is 58.9 Å². The summed E-state index contributed by atoms with van der Waals surface area (Å²) in [5.41, 5.74) is 10.4. The van der Waals surface area contributed by atoms with E-state index in [-0.39, 0.29) is 58.3 Å². The highest BCUT2D eigenvalue weighted by molar-refractivity contribution is 5.99. The van der Waals surface area contributed by atoms with Crippen molar-refractivity contribution in [2.24, 2.45) is 5.73 Å². The normalized spacial score (nSPS) is 22.5. The number of aryl methyl sites for hydroxylation is 1. The fourth-order valence-electron chi connectivity index (χ4n) is 10.8. The minimum Gasteiger partial charge on any atom is -0.489 e. The van der Waals surface area contributed by atoms with E-state index in [1.165, 1.54) is 16.8 Å². The Labute approximate surface area is 477 Å². The summed E-state index contributed by atoms with van der Waals surface area (Å²) in [6, 6.07) is 35.3. The molecule has 7 amide bonds. The molecule has 9 N–H and O–H groups in total. The lowest BCUT2D eigenvalue weighted by Gasteiger charge is -2.36. The predicted molar refractivity (Wildman–Crippen MR) is 309 cm³/mol. The molecule has 1 aromatic heterocycles. The number of amides is 7. The molecule has 0 saturated carbocycles. The van der Waals surface area contributed by atoms with Gasteiger partial charge in [-0.25, -0.2) is 4.79 Å². The van der Waals surface area contributed by atoms with Crippen LogP contribution in [0.5, 0.6) is 5.75 Å². The first-order valence-electron chi connectivity index (χ1n) is 28.1. The number of nitrogens with two attached hydrogens (primary N) is 1. The Morgan fingerprint density at radius 2 is 1.23 bits per heavy atom. The smallest absolute Gasteiger partial charge is 0.407 e. The Morgan fingerprint density at radius 1 is 0.634 bits per heavy atom. The molecule has 3 aliphatic heterocycles. The average molecular weight is 1120 g/mol. The number of benzene rings is 5. The number of aromatic amines is 1. The van der Waals surface area contributed by atoms with Crippen LogP contribution in [0.4, 0.5) is 4.79 Å². The van der Waals surface area contributed by atoms with Crippen LogP contribution in [0.3, 0.4) is 0 Å². The summed E-state index contributed by atoms with van der Waals surface area (Å²) in [5, 5.41) is 18.7. The molecule has 0 unspecified atom stereocenters. The van der Waals surface area contributed by atoms with Crippen molar-refractivity contribution in [3.8, 4) is 5.75 Å². The molecular formula is C62H73N11O9. The highest BCUT2D eigenvalue weighted by atomic mass is 16.6. The summed E-state index contributed by atoms with van der Waals surface area (Å²) >= 11 is 0. The van der Waals surface area contributed by atoms with Gasteiger partial charge in [-0.2, -0.15) is 0 Å². The number of likely N-dealkylation sites (N-methyl/N-ethyl adjacent to an activating group) is 1. The molecule has 82 heavy (non-hydrogen) atoms. The Hall–Kier alpha value is -8.59. The number of aromatic nitrogens is 1. The zero-order chi connectivity index (χ0) is 57.4. The van der Waals surface area contributed by atoms with Crippen molar-refractivity contribution in [2.75, 3.05) is 59.4 Å². The van der Waals surface area contributed by atoms with Gasteiger partial charge < -0.3 is 61.9 Å². The number of fused-ring (bicyclic) bond motifs is 2. The topological polar surface area (TPSA) is 262 Å². The number of carbonyl (C=O) groups excluding carboxylic acids is 7. The SMILES string of the molecule is CN1C(=O)[C@H](Cc2ccc(OCc3ccccc3)cc2)NC(=O)[C@H](CN2CCNCC2)NC(=O)[C@@H](Cc2c[nH]c3ccccc23)NC(=O)[C@H](CCc2ccccc2)NC(=O)[C@@H]2C[C@@H](OC(=O)NCCN)CN2C(=O)[C@@H]1Cc1ccccc1. The van der Waals surface area contributed by atoms with Crippen LogP contribution >= 0.6 is 0 Å². The fraction of sp³-hybridized carbons (Fsp3) is 0.371. The van der Waals surface area contributed by atoms with E-state index in [1.807, 2.05) is 120 Å². The van der Waals surface area contributed by atoms with Crippen LogP contribution in [-0.4, -0.2) is 163 Å². The fourth-order valence-corrected chi connectivity index (χ4v) is 10.8. The van der Waals surface area contributed by atoms with E-state index in [1.54, 1.807) is 30.5 Å². The molecule has 0 bridgehead atoms. The number of piperazine rings is 1. The van der Waals surface area contributed by atoms with Crippen LogP contribution in [0.25, 0.3) is 10.9 Å². The highest BCUT2D eigenvalue weighted by Gasteiger charge is 2.46. The molecule has 430 valence electrons. The number of rotatable bonds is 17. The summed E-state index contributed by atoms with van der Waals surface area (Å²) in [5.74, 6) is -3.39. The Balaban J connectivity index is 1.12. The summed E-state index contributed by atoms with van der Waals surface area (Å²) < 4.78 is 11.9. The van der Waals surface area contributed by atoms with Crippen molar-refractivity contribution in [1.29, 1.82) is 0 Å².